The second-order valence-corrected chi connectivity index (χ2v) is 4.50. The Morgan fingerprint density at radius 3 is 2.50 bits per heavy atom. The van der Waals surface area contributed by atoms with Crippen molar-refractivity contribution in [2.75, 3.05) is 5.32 Å². The highest BCUT2D eigenvalue weighted by molar-refractivity contribution is 6.03. The fourth-order valence-electron chi connectivity index (χ4n) is 1.77. The third-order valence-corrected chi connectivity index (χ3v) is 2.88. The van der Waals surface area contributed by atoms with E-state index in [1.54, 1.807) is 48.5 Å². The predicted molar refractivity (Wildman–Crippen MR) is 83.8 cm³/mol. The summed E-state index contributed by atoms with van der Waals surface area (Å²) in [6.07, 6.45) is 3.01. The number of hydrogen-bond acceptors (Lipinski definition) is 3. The van der Waals surface area contributed by atoms with E-state index in [0.29, 0.717) is 16.8 Å². The van der Waals surface area contributed by atoms with E-state index in [-0.39, 0.29) is 5.91 Å². The van der Waals surface area contributed by atoms with Gasteiger partial charge in [0.25, 0.3) is 0 Å². The van der Waals surface area contributed by atoms with Crippen LogP contribution >= 0.6 is 0 Å². The molecule has 0 saturated carbocycles. The first-order valence-electron chi connectivity index (χ1n) is 6.47. The molecule has 0 aromatic heterocycles. The van der Waals surface area contributed by atoms with Crippen molar-refractivity contribution in [3.05, 3.63) is 71.3 Å². The van der Waals surface area contributed by atoms with Gasteiger partial charge in [0.2, 0.25) is 11.8 Å². The number of rotatable bonds is 4. The van der Waals surface area contributed by atoms with E-state index in [4.69, 9.17) is 11.0 Å². The first-order chi connectivity index (χ1) is 10.6. The van der Waals surface area contributed by atoms with E-state index in [2.05, 4.69) is 5.32 Å². The van der Waals surface area contributed by atoms with Crippen LogP contribution in [-0.4, -0.2) is 11.8 Å². The van der Waals surface area contributed by atoms with Gasteiger partial charge in [0.05, 0.1) is 11.6 Å². The number of nitrogens with zero attached hydrogens (tertiary/aromatic N) is 1. The van der Waals surface area contributed by atoms with Gasteiger partial charge in [-0.25, -0.2) is 0 Å². The molecule has 2 rings (SSSR count). The predicted octanol–water partition coefficient (Wildman–Crippen LogP) is 2.31. The van der Waals surface area contributed by atoms with E-state index < -0.39 is 5.91 Å². The molecule has 0 spiro atoms. The van der Waals surface area contributed by atoms with Crippen LogP contribution in [0.25, 0.3) is 6.08 Å². The molecule has 0 radical (unpaired) electrons. The molecule has 5 nitrogen and oxygen atoms in total. The second-order valence-electron chi connectivity index (χ2n) is 4.50. The van der Waals surface area contributed by atoms with Gasteiger partial charge < -0.3 is 11.1 Å². The van der Waals surface area contributed by atoms with Gasteiger partial charge in [-0.1, -0.05) is 18.2 Å². The van der Waals surface area contributed by atoms with Crippen molar-refractivity contribution in [2.45, 2.75) is 0 Å². The maximum atomic E-state index is 11.8. The molecule has 0 aliphatic carbocycles. The smallest absolute Gasteiger partial charge is 0.248 e. The van der Waals surface area contributed by atoms with Crippen LogP contribution in [0.5, 0.6) is 0 Å². The zero-order chi connectivity index (χ0) is 15.9. The molecule has 0 aliphatic rings. The molecule has 0 aliphatic heterocycles. The number of nitrogens with one attached hydrogen (secondary N) is 1. The lowest BCUT2D eigenvalue weighted by Crippen LogP contribution is -2.12. The number of nitrogens with two attached hydrogens (primary N) is 1. The number of hydrogen-bond donors (Lipinski definition) is 2. The van der Waals surface area contributed by atoms with E-state index in [1.165, 1.54) is 12.1 Å². The molecule has 0 saturated heterocycles. The van der Waals surface area contributed by atoms with Crippen LogP contribution in [0.3, 0.4) is 0 Å². The summed E-state index contributed by atoms with van der Waals surface area (Å²) in [5, 5.41) is 11.4. The highest BCUT2D eigenvalue weighted by atomic mass is 16.1. The molecule has 2 amide bonds. The average molecular weight is 291 g/mol. The van der Waals surface area contributed by atoms with Gasteiger partial charge >= 0.3 is 0 Å². The Bertz CT molecular complexity index is 771. The zero-order valence-electron chi connectivity index (χ0n) is 11.6. The molecule has 3 N–H and O–H groups in total. The number of benzene rings is 2. The molecule has 2 aromatic rings. The summed E-state index contributed by atoms with van der Waals surface area (Å²) in [6, 6.07) is 15.3. The van der Waals surface area contributed by atoms with Crippen LogP contribution in [-0.2, 0) is 4.79 Å². The van der Waals surface area contributed by atoms with Crippen molar-refractivity contribution >= 4 is 23.6 Å². The van der Waals surface area contributed by atoms with Gasteiger partial charge in [-0.2, -0.15) is 5.26 Å². The fourth-order valence-corrected chi connectivity index (χ4v) is 1.77. The Hall–Kier alpha value is -3.39. The number of carbonyl (C=O) groups is 2. The lowest BCUT2D eigenvalue weighted by molar-refractivity contribution is -0.111. The van der Waals surface area contributed by atoms with Crippen LogP contribution in [0.2, 0.25) is 0 Å². The van der Waals surface area contributed by atoms with Gasteiger partial charge in [0.15, 0.2) is 0 Å². The molecule has 22 heavy (non-hydrogen) atoms. The zero-order valence-corrected chi connectivity index (χ0v) is 11.6. The highest BCUT2D eigenvalue weighted by Gasteiger charge is 2.03. The van der Waals surface area contributed by atoms with Gasteiger partial charge in [-0.15, -0.1) is 0 Å². The quantitative estimate of drug-likeness (QED) is 0.846. The van der Waals surface area contributed by atoms with Crippen molar-refractivity contribution in [1.82, 2.24) is 0 Å². The minimum Gasteiger partial charge on any atom is -0.366 e. The summed E-state index contributed by atoms with van der Waals surface area (Å²) in [6.45, 7) is 0. The van der Waals surface area contributed by atoms with Crippen LogP contribution in [0, 0.1) is 11.3 Å². The van der Waals surface area contributed by atoms with Crippen LogP contribution in [0.1, 0.15) is 21.5 Å². The maximum absolute atomic E-state index is 11.8. The molecule has 0 atom stereocenters. The summed E-state index contributed by atoms with van der Waals surface area (Å²) < 4.78 is 0. The molecule has 0 unspecified atom stereocenters. The van der Waals surface area contributed by atoms with Crippen LogP contribution < -0.4 is 11.1 Å². The third-order valence-electron chi connectivity index (χ3n) is 2.88. The lowest BCUT2D eigenvalue weighted by atomic mass is 10.1. The molecular weight excluding hydrogens is 278 g/mol. The Kier molecular flexibility index (Phi) is 4.68. The third kappa shape index (κ3) is 4.05. The Morgan fingerprint density at radius 1 is 1.14 bits per heavy atom. The molecule has 108 valence electrons. The summed E-state index contributed by atoms with van der Waals surface area (Å²) in [4.78, 5) is 22.9. The largest absolute Gasteiger partial charge is 0.366 e. The van der Waals surface area contributed by atoms with Crippen molar-refractivity contribution in [3.8, 4) is 6.07 Å². The molecule has 2 aromatic carbocycles. The lowest BCUT2D eigenvalue weighted by Gasteiger charge is -2.03. The monoisotopic (exact) mass is 291 g/mol. The van der Waals surface area contributed by atoms with Gasteiger partial charge in [-0.3, -0.25) is 9.59 Å². The topological polar surface area (TPSA) is 96.0 Å². The van der Waals surface area contributed by atoms with E-state index in [0.717, 1.165) is 5.56 Å². The van der Waals surface area contributed by atoms with Crippen molar-refractivity contribution in [2.24, 2.45) is 5.73 Å². The Labute approximate surface area is 127 Å². The summed E-state index contributed by atoms with van der Waals surface area (Å²) in [7, 11) is 0. The minimum atomic E-state index is -0.552. The van der Waals surface area contributed by atoms with Crippen LogP contribution in [0.15, 0.2) is 54.6 Å². The number of carbonyl (C=O) groups excluding carboxylic acids is 2. The molecular formula is C17H13N3O2. The summed E-state index contributed by atoms with van der Waals surface area (Å²) in [5.41, 5.74) is 7.37. The standard InChI is InChI=1S/C17H13N3O2/c18-11-13-6-4-12(5-7-13)8-9-16(21)20-15-3-1-2-14(10-15)17(19)22/h1-10H,(H2,19,22)(H,20,21). The Morgan fingerprint density at radius 2 is 1.86 bits per heavy atom. The van der Waals surface area contributed by atoms with Gasteiger partial charge in [-0.05, 0) is 42.0 Å². The number of primary amides is 1. The van der Waals surface area contributed by atoms with E-state index >= 15 is 0 Å². The molecule has 0 bridgehead atoms. The number of amides is 2. The highest BCUT2D eigenvalue weighted by Crippen LogP contribution is 2.11. The van der Waals surface area contributed by atoms with Gasteiger partial charge in [0.1, 0.15) is 0 Å². The van der Waals surface area contributed by atoms with Crippen molar-refractivity contribution in [3.63, 3.8) is 0 Å². The normalized spacial score (nSPS) is 10.1. The average Bonchev–Trinajstić information content (AvgIpc) is 2.53. The van der Waals surface area contributed by atoms with Crippen molar-refractivity contribution in [1.29, 1.82) is 5.26 Å². The summed E-state index contributed by atoms with van der Waals surface area (Å²) in [5.74, 6) is -0.879. The number of anilines is 1. The van der Waals surface area contributed by atoms with E-state index in [1.807, 2.05) is 6.07 Å². The summed E-state index contributed by atoms with van der Waals surface area (Å²) >= 11 is 0. The Balaban J connectivity index is 2.03. The first kappa shape index (κ1) is 15.0. The molecule has 5 heteroatoms. The molecule has 0 fully saturated rings. The maximum Gasteiger partial charge on any atom is 0.248 e. The van der Waals surface area contributed by atoms with E-state index in [9.17, 15) is 9.59 Å². The number of nitriles is 1. The molecule has 0 heterocycles. The minimum absolute atomic E-state index is 0.328. The SMILES string of the molecule is N#Cc1ccc(C=CC(=O)Nc2cccc(C(N)=O)c2)cc1. The first-order valence-corrected chi connectivity index (χ1v) is 6.47. The second kappa shape index (κ2) is 6.86. The van der Waals surface area contributed by atoms with Crippen LogP contribution in [0.4, 0.5) is 5.69 Å². The van der Waals surface area contributed by atoms with Crippen molar-refractivity contribution < 1.29 is 9.59 Å². The van der Waals surface area contributed by atoms with Gasteiger partial charge in [0, 0.05) is 17.3 Å². The fraction of sp³-hybridized carbons (Fsp3) is 0.